The van der Waals surface area contributed by atoms with Crippen molar-refractivity contribution in [2.24, 2.45) is 0 Å². The second-order valence-corrected chi connectivity index (χ2v) is 4.39. The highest BCUT2D eigenvalue weighted by atomic mass is 16.2. The molecule has 0 bridgehead atoms. The molecular formula is C14H19N3O2. The predicted octanol–water partition coefficient (Wildman–Crippen LogP) is 0.0590. The van der Waals surface area contributed by atoms with Crippen molar-refractivity contribution in [3.05, 3.63) is 29.6 Å². The van der Waals surface area contributed by atoms with E-state index in [0.29, 0.717) is 17.8 Å². The maximum Gasteiger partial charge on any atom is 0.273 e. The first kappa shape index (κ1) is 15.2. The summed E-state index contributed by atoms with van der Waals surface area (Å²) in [7, 11) is 5.65. The average Bonchev–Trinajstić information content (AvgIpc) is 2.42. The van der Waals surface area contributed by atoms with Gasteiger partial charge in [-0.2, -0.15) is 0 Å². The van der Waals surface area contributed by atoms with Gasteiger partial charge in [-0.15, -0.1) is 0 Å². The number of hydrogen-bond donors (Lipinski definition) is 1. The Morgan fingerprint density at radius 3 is 2.74 bits per heavy atom. The molecule has 0 aliphatic rings. The normalized spacial score (nSPS) is 9.95. The Labute approximate surface area is 113 Å². The van der Waals surface area contributed by atoms with E-state index < -0.39 is 0 Å². The monoisotopic (exact) mass is 261 g/mol. The molecule has 1 rings (SSSR count). The molecule has 102 valence electrons. The largest absolute Gasteiger partial charge is 0.384 e. The van der Waals surface area contributed by atoms with Crippen LogP contribution in [-0.4, -0.2) is 66.6 Å². The van der Waals surface area contributed by atoms with Gasteiger partial charge in [-0.1, -0.05) is 11.8 Å². The number of hydrogen-bond acceptors (Lipinski definition) is 4. The Hall–Kier alpha value is -1.90. The molecule has 5 nitrogen and oxygen atoms in total. The van der Waals surface area contributed by atoms with Crippen molar-refractivity contribution in [3.8, 4) is 11.8 Å². The Kier molecular flexibility index (Phi) is 6.00. The number of amides is 1. The van der Waals surface area contributed by atoms with Crippen molar-refractivity contribution < 1.29 is 9.90 Å². The van der Waals surface area contributed by atoms with Gasteiger partial charge in [-0.25, -0.2) is 4.98 Å². The number of pyridine rings is 1. The average molecular weight is 261 g/mol. The number of aliphatic hydroxyl groups excluding tert-OH is 1. The van der Waals surface area contributed by atoms with Crippen LogP contribution in [0.25, 0.3) is 0 Å². The number of aliphatic hydroxyl groups is 1. The first-order valence-electron chi connectivity index (χ1n) is 6.01. The summed E-state index contributed by atoms with van der Waals surface area (Å²) >= 11 is 0. The molecule has 0 unspecified atom stereocenters. The van der Waals surface area contributed by atoms with Crippen LogP contribution in [0.2, 0.25) is 0 Å². The van der Waals surface area contributed by atoms with E-state index in [2.05, 4.69) is 16.8 Å². The molecule has 0 aliphatic heterocycles. The molecule has 1 heterocycles. The molecule has 0 saturated carbocycles. The van der Waals surface area contributed by atoms with E-state index in [1.54, 1.807) is 30.3 Å². The van der Waals surface area contributed by atoms with Gasteiger partial charge in [0.25, 0.3) is 5.91 Å². The first-order valence-corrected chi connectivity index (χ1v) is 6.01. The lowest BCUT2D eigenvalue weighted by Gasteiger charge is -2.19. The van der Waals surface area contributed by atoms with Crippen molar-refractivity contribution >= 4 is 5.91 Å². The highest BCUT2D eigenvalue weighted by Crippen LogP contribution is 2.06. The van der Waals surface area contributed by atoms with Crippen LogP contribution in [0.5, 0.6) is 0 Å². The third kappa shape index (κ3) is 4.70. The molecule has 1 aromatic rings. The van der Waals surface area contributed by atoms with Crippen molar-refractivity contribution in [2.75, 3.05) is 40.8 Å². The van der Waals surface area contributed by atoms with Gasteiger partial charge in [0.15, 0.2) is 0 Å². The quantitative estimate of drug-likeness (QED) is 0.779. The molecule has 0 saturated heterocycles. The van der Waals surface area contributed by atoms with E-state index in [4.69, 9.17) is 5.11 Å². The number of rotatable bonds is 4. The van der Waals surface area contributed by atoms with E-state index in [0.717, 1.165) is 6.54 Å². The number of carbonyl (C=O) groups excluding carboxylic acids is 1. The fraction of sp³-hybridized carbons (Fsp3) is 0.429. The maximum atomic E-state index is 12.3. The lowest BCUT2D eigenvalue weighted by Crippen LogP contribution is -2.34. The lowest BCUT2D eigenvalue weighted by molar-refractivity contribution is 0.0780. The summed E-state index contributed by atoms with van der Waals surface area (Å²) in [5, 5.41) is 8.72. The van der Waals surface area contributed by atoms with Gasteiger partial charge in [-0.05, 0) is 26.2 Å². The fourth-order valence-corrected chi connectivity index (χ4v) is 1.44. The van der Waals surface area contributed by atoms with Gasteiger partial charge < -0.3 is 14.9 Å². The van der Waals surface area contributed by atoms with Crippen LogP contribution in [0.4, 0.5) is 0 Å². The van der Waals surface area contributed by atoms with Crippen LogP contribution in [0.3, 0.4) is 0 Å². The Morgan fingerprint density at radius 1 is 1.37 bits per heavy atom. The van der Waals surface area contributed by atoms with Gasteiger partial charge in [0.1, 0.15) is 12.3 Å². The second-order valence-electron chi connectivity index (χ2n) is 4.39. The second kappa shape index (κ2) is 7.52. The summed E-state index contributed by atoms with van der Waals surface area (Å²) in [6.45, 7) is 1.17. The standard InChI is InChI=1S/C14H19N3O2/c1-16(2)9-10-17(3)14(19)13-12(7-5-11-18)6-4-8-15-13/h4,6,8,18H,9-11H2,1-3H3. The maximum absolute atomic E-state index is 12.3. The van der Waals surface area contributed by atoms with Crippen molar-refractivity contribution in [3.63, 3.8) is 0 Å². The highest BCUT2D eigenvalue weighted by molar-refractivity contribution is 5.94. The summed E-state index contributed by atoms with van der Waals surface area (Å²) in [5.74, 6) is 5.12. The Bertz CT molecular complexity index is 489. The van der Waals surface area contributed by atoms with Crippen LogP contribution >= 0.6 is 0 Å². The summed E-state index contributed by atoms with van der Waals surface area (Å²) in [6.07, 6.45) is 1.57. The van der Waals surface area contributed by atoms with Crippen LogP contribution in [0.15, 0.2) is 18.3 Å². The predicted molar refractivity (Wildman–Crippen MR) is 73.7 cm³/mol. The van der Waals surface area contributed by atoms with Crippen molar-refractivity contribution in [1.82, 2.24) is 14.8 Å². The first-order chi connectivity index (χ1) is 9.06. The molecule has 1 amide bonds. The molecule has 1 N–H and O–H groups in total. The summed E-state index contributed by atoms with van der Waals surface area (Å²) in [4.78, 5) is 20.0. The minimum absolute atomic E-state index is 0.162. The molecule has 0 aromatic carbocycles. The van der Waals surface area contributed by atoms with Gasteiger partial charge in [0.05, 0.1) is 5.56 Å². The third-order valence-corrected chi connectivity index (χ3v) is 2.54. The van der Waals surface area contributed by atoms with E-state index in [-0.39, 0.29) is 12.5 Å². The van der Waals surface area contributed by atoms with Gasteiger partial charge in [0, 0.05) is 26.3 Å². The molecule has 1 aromatic heterocycles. The minimum atomic E-state index is -0.237. The molecule has 0 spiro atoms. The SMILES string of the molecule is CN(C)CCN(C)C(=O)c1ncccc1C#CCO. The number of likely N-dealkylation sites (N-methyl/N-ethyl adjacent to an activating group) is 2. The molecule has 0 radical (unpaired) electrons. The van der Waals surface area contributed by atoms with E-state index in [1.807, 2.05) is 19.0 Å². The molecule has 19 heavy (non-hydrogen) atoms. The molecule has 0 atom stereocenters. The summed E-state index contributed by atoms with van der Waals surface area (Å²) < 4.78 is 0. The highest BCUT2D eigenvalue weighted by Gasteiger charge is 2.16. The molecule has 5 heteroatoms. The van der Waals surface area contributed by atoms with Gasteiger partial charge >= 0.3 is 0 Å². The number of aromatic nitrogens is 1. The zero-order valence-electron chi connectivity index (χ0n) is 11.6. The van der Waals surface area contributed by atoms with E-state index in [1.165, 1.54) is 0 Å². The van der Waals surface area contributed by atoms with Crippen LogP contribution in [0.1, 0.15) is 16.1 Å². The minimum Gasteiger partial charge on any atom is -0.384 e. The molecule has 0 aliphatic carbocycles. The van der Waals surface area contributed by atoms with Crippen LogP contribution < -0.4 is 0 Å². The lowest BCUT2D eigenvalue weighted by atomic mass is 10.2. The zero-order valence-corrected chi connectivity index (χ0v) is 11.6. The van der Waals surface area contributed by atoms with Crippen LogP contribution in [0, 0.1) is 11.8 Å². The Morgan fingerprint density at radius 2 is 2.11 bits per heavy atom. The number of nitrogens with zero attached hydrogens (tertiary/aromatic N) is 3. The van der Waals surface area contributed by atoms with Crippen LogP contribution in [-0.2, 0) is 0 Å². The van der Waals surface area contributed by atoms with E-state index in [9.17, 15) is 4.79 Å². The smallest absolute Gasteiger partial charge is 0.273 e. The van der Waals surface area contributed by atoms with Crippen molar-refractivity contribution in [2.45, 2.75) is 0 Å². The third-order valence-electron chi connectivity index (χ3n) is 2.54. The molecule has 0 fully saturated rings. The Balaban J connectivity index is 2.87. The van der Waals surface area contributed by atoms with Gasteiger partial charge in [-0.3, -0.25) is 4.79 Å². The van der Waals surface area contributed by atoms with E-state index >= 15 is 0 Å². The fourth-order valence-electron chi connectivity index (χ4n) is 1.44. The summed E-state index contributed by atoms with van der Waals surface area (Å²) in [5.41, 5.74) is 0.864. The summed E-state index contributed by atoms with van der Waals surface area (Å²) in [6, 6.07) is 3.45. The topological polar surface area (TPSA) is 56.7 Å². The molecular weight excluding hydrogens is 242 g/mol. The van der Waals surface area contributed by atoms with Gasteiger partial charge in [0.2, 0.25) is 0 Å². The van der Waals surface area contributed by atoms with Crippen molar-refractivity contribution in [1.29, 1.82) is 0 Å². The zero-order chi connectivity index (χ0) is 14.3. The number of carbonyl (C=O) groups is 1.